The number of nitrogens with zero attached hydrogens (tertiary/aromatic N) is 2. The van der Waals surface area contributed by atoms with Gasteiger partial charge in [-0.3, -0.25) is 4.79 Å². The van der Waals surface area contributed by atoms with Gasteiger partial charge in [-0.2, -0.15) is 5.10 Å². The standard InChI is InChI=1S/C19H20N2O/c1-14(2)13-21-19(22)17-11-7-6-10-16(17)18(20-21)12-15-8-4-3-5-9-15/h3-11,14H,12-13H2,1-2H3. The third-order valence-electron chi connectivity index (χ3n) is 3.70. The largest absolute Gasteiger partial charge is 0.274 e. The molecule has 1 aromatic heterocycles. The van der Waals surface area contributed by atoms with Gasteiger partial charge in [-0.15, -0.1) is 0 Å². The molecule has 22 heavy (non-hydrogen) atoms. The van der Waals surface area contributed by atoms with Crippen LogP contribution in [0.4, 0.5) is 0 Å². The summed E-state index contributed by atoms with van der Waals surface area (Å²) in [6.45, 7) is 4.84. The summed E-state index contributed by atoms with van der Waals surface area (Å²) in [4.78, 5) is 12.6. The number of aromatic nitrogens is 2. The summed E-state index contributed by atoms with van der Waals surface area (Å²) in [7, 11) is 0. The second-order valence-corrected chi connectivity index (χ2v) is 6.04. The zero-order valence-electron chi connectivity index (χ0n) is 13.0. The maximum Gasteiger partial charge on any atom is 0.274 e. The lowest BCUT2D eigenvalue weighted by atomic mass is 10.0. The van der Waals surface area contributed by atoms with Gasteiger partial charge in [0.15, 0.2) is 0 Å². The number of rotatable bonds is 4. The van der Waals surface area contributed by atoms with E-state index in [9.17, 15) is 4.79 Å². The molecule has 0 unspecified atom stereocenters. The summed E-state index contributed by atoms with van der Waals surface area (Å²) in [6.07, 6.45) is 0.736. The monoisotopic (exact) mass is 292 g/mol. The van der Waals surface area contributed by atoms with Crippen molar-refractivity contribution in [2.45, 2.75) is 26.8 Å². The van der Waals surface area contributed by atoms with Gasteiger partial charge in [0.25, 0.3) is 5.56 Å². The maximum atomic E-state index is 12.6. The van der Waals surface area contributed by atoms with Crippen LogP contribution in [0.25, 0.3) is 10.8 Å². The van der Waals surface area contributed by atoms with Crippen LogP contribution in [-0.2, 0) is 13.0 Å². The average molecular weight is 292 g/mol. The Morgan fingerprint density at radius 2 is 1.59 bits per heavy atom. The first-order valence-electron chi connectivity index (χ1n) is 7.68. The van der Waals surface area contributed by atoms with Gasteiger partial charge in [0, 0.05) is 18.4 Å². The Kier molecular flexibility index (Phi) is 4.05. The molecular weight excluding hydrogens is 272 g/mol. The summed E-state index contributed by atoms with van der Waals surface area (Å²) in [5.74, 6) is 0.385. The number of hydrogen-bond acceptors (Lipinski definition) is 2. The van der Waals surface area contributed by atoms with Crippen LogP contribution in [0.1, 0.15) is 25.1 Å². The zero-order valence-corrected chi connectivity index (χ0v) is 13.0. The van der Waals surface area contributed by atoms with Gasteiger partial charge in [0.1, 0.15) is 0 Å². The van der Waals surface area contributed by atoms with Gasteiger partial charge in [0.2, 0.25) is 0 Å². The van der Waals surface area contributed by atoms with Crippen molar-refractivity contribution < 1.29 is 0 Å². The van der Waals surface area contributed by atoms with E-state index in [0.29, 0.717) is 12.5 Å². The van der Waals surface area contributed by atoms with Gasteiger partial charge in [-0.25, -0.2) is 4.68 Å². The Bertz CT molecular complexity index is 835. The van der Waals surface area contributed by atoms with Crippen molar-refractivity contribution in [2.75, 3.05) is 0 Å². The second-order valence-electron chi connectivity index (χ2n) is 6.04. The summed E-state index contributed by atoms with van der Waals surface area (Å²) in [5.41, 5.74) is 2.16. The Morgan fingerprint density at radius 1 is 0.955 bits per heavy atom. The minimum atomic E-state index is 0.00103. The lowest BCUT2D eigenvalue weighted by molar-refractivity contribution is 0.462. The van der Waals surface area contributed by atoms with Crippen molar-refractivity contribution in [3.05, 3.63) is 76.2 Å². The molecular formula is C19H20N2O. The van der Waals surface area contributed by atoms with E-state index < -0.39 is 0 Å². The molecule has 0 spiro atoms. The van der Waals surface area contributed by atoms with E-state index in [0.717, 1.165) is 22.9 Å². The summed E-state index contributed by atoms with van der Waals surface area (Å²) in [6, 6.07) is 18.0. The Balaban J connectivity index is 2.15. The van der Waals surface area contributed by atoms with Crippen LogP contribution < -0.4 is 5.56 Å². The molecule has 1 heterocycles. The fourth-order valence-corrected chi connectivity index (χ4v) is 2.69. The molecule has 3 rings (SSSR count). The molecule has 0 aliphatic carbocycles. The first kappa shape index (κ1) is 14.5. The van der Waals surface area contributed by atoms with E-state index in [1.54, 1.807) is 4.68 Å². The fourth-order valence-electron chi connectivity index (χ4n) is 2.69. The van der Waals surface area contributed by atoms with Crippen molar-refractivity contribution in [3.8, 4) is 0 Å². The average Bonchev–Trinajstić information content (AvgIpc) is 2.52. The highest BCUT2D eigenvalue weighted by Crippen LogP contribution is 2.17. The Hall–Kier alpha value is -2.42. The smallest absolute Gasteiger partial charge is 0.267 e. The zero-order chi connectivity index (χ0) is 15.5. The van der Waals surface area contributed by atoms with Crippen LogP contribution in [0.3, 0.4) is 0 Å². The van der Waals surface area contributed by atoms with Gasteiger partial charge in [-0.05, 0) is 17.5 Å². The number of fused-ring (bicyclic) bond motifs is 1. The van der Waals surface area contributed by atoms with E-state index in [4.69, 9.17) is 0 Å². The molecule has 3 heteroatoms. The predicted octanol–water partition coefficient (Wildman–Crippen LogP) is 3.64. The lowest BCUT2D eigenvalue weighted by Crippen LogP contribution is -2.26. The Labute approximate surface area is 130 Å². The Morgan fingerprint density at radius 3 is 2.27 bits per heavy atom. The molecule has 3 aromatic rings. The first-order chi connectivity index (χ1) is 10.6. The summed E-state index contributed by atoms with van der Waals surface area (Å²) >= 11 is 0. The first-order valence-corrected chi connectivity index (χ1v) is 7.68. The minimum Gasteiger partial charge on any atom is -0.267 e. The van der Waals surface area contributed by atoms with Crippen LogP contribution in [0.15, 0.2) is 59.4 Å². The van der Waals surface area contributed by atoms with Crippen LogP contribution >= 0.6 is 0 Å². The van der Waals surface area contributed by atoms with E-state index in [1.165, 1.54) is 5.56 Å². The van der Waals surface area contributed by atoms with Crippen molar-refractivity contribution in [3.63, 3.8) is 0 Å². The third-order valence-corrected chi connectivity index (χ3v) is 3.70. The lowest BCUT2D eigenvalue weighted by Gasteiger charge is -2.12. The molecule has 0 aliphatic heterocycles. The number of benzene rings is 2. The molecule has 2 aromatic carbocycles. The molecule has 0 radical (unpaired) electrons. The van der Waals surface area contributed by atoms with Crippen LogP contribution in [0, 0.1) is 5.92 Å². The molecule has 112 valence electrons. The fraction of sp³-hybridized carbons (Fsp3) is 0.263. The molecule has 3 nitrogen and oxygen atoms in total. The van der Waals surface area contributed by atoms with Gasteiger partial charge in [-0.1, -0.05) is 62.4 Å². The van der Waals surface area contributed by atoms with Crippen molar-refractivity contribution >= 4 is 10.8 Å². The second kappa shape index (κ2) is 6.14. The molecule has 0 amide bonds. The molecule has 0 saturated carbocycles. The summed E-state index contributed by atoms with van der Waals surface area (Å²) < 4.78 is 1.62. The molecule has 0 N–H and O–H groups in total. The van der Waals surface area contributed by atoms with Crippen molar-refractivity contribution in [1.82, 2.24) is 9.78 Å². The highest BCUT2D eigenvalue weighted by Gasteiger charge is 2.11. The van der Waals surface area contributed by atoms with Crippen LogP contribution in [-0.4, -0.2) is 9.78 Å². The summed E-state index contributed by atoms with van der Waals surface area (Å²) in [5, 5.41) is 6.35. The molecule has 0 saturated heterocycles. The van der Waals surface area contributed by atoms with E-state index in [2.05, 4.69) is 31.1 Å². The highest BCUT2D eigenvalue weighted by molar-refractivity contribution is 5.83. The number of hydrogen-bond donors (Lipinski definition) is 0. The van der Waals surface area contributed by atoms with E-state index >= 15 is 0 Å². The molecule has 0 atom stereocenters. The van der Waals surface area contributed by atoms with Crippen molar-refractivity contribution in [2.24, 2.45) is 5.92 Å². The molecule has 0 fully saturated rings. The quantitative estimate of drug-likeness (QED) is 0.736. The highest BCUT2D eigenvalue weighted by atomic mass is 16.1. The molecule has 0 bridgehead atoms. The van der Waals surface area contributed by atoms with Crippen LogP contribution in [0.5, 0.6) is 0 Å². The van der Waals surface area contributed by atoms with E-state index in [-0.39, 0.29) is 5.56 Å². The molecule has 0 aliphatic rings. The van der Waals surface area contributed by atoms with Crippen LogP contribution in [0.2, 0.25) is 0 Å². The normalized spacial score (nSPS) is 11.2. The third kappa shape index (κ3) is 2.93. The minimum absolute atomic E-state index is 0.00103. The predicted molar refractivity (Wildman–Crippen MR) is 90.1 cm³/mol. The maximum absolute atomic E-state index is 12.6. The SMILES string of the molecule is CC(C)Cn1nc(Cc2ccccc2)c2ccccc2c1=O. The van der Waals surface area contributed by atoms with Crippen molar-refractivity contribution in [1.29, 1.82) is 0 Å². The van der Waals surface area contributed by atoms with Gasteiger partial charge in [0.05, 0.1) is 11.1 Å². The van der Waals surface area contributed by atoms with E-state index in [1.807, 2.05) is 42.5 Å². The van der Waals surface area contributed by atoms with Gasteiger partial charge < -0.3 is 0 Å². The topological polar surface area (TPSA) is 34.9 Å². The van der Waals surface area contributed by atoms with Gasteiger partial charge >= 0.3 is 0 Å².